The van der Waals surface area contributed by atoms with Gasteiger partial charge in [-0.05, 0) is 18.8 Å². The topological polar surface area (TPSA) is 89.3 Å². The lowest BCUT2D eigenvalue weighted by Crippen LogP contribution is -2.45. The average Bonchev–Trinajstić information content (AvgIpc) is 3.45. The Morgan fingerprint density at radius 3 is 2.83 bits per heavy atom. The van der Waals surface area contributed by atoms with Gasteiger partial charge in [-0.15, -0.1) is 5.10 Å². The maximum atomic E-state index is 12.7. The lowest BCUT2D eigenvalue weighted by molar-refractivity contribution is -0.133. The van der Waals surface area contributed by atoms with Crippen LogP contribution in [-0.2, 0) is 34.0 Å². The summed E-state index contributed by atoms with van der Waals surface area (Å²) in [4.78, 5) is 26.5. The third-order valence-electron chi connectivity index (χ3n) is 6.74. The van der Waals surface area contributed by atoms with Gasteiger partial charge in [0.1, 0.15) is 11.3 Å². The smallest absolute Gasteiger partial charge is 0.222 e. The second-order valence-corrected chi connectivity index (χ2v) is 9.24. The van der Waals surface area contributed by atoms with Crippen LogP contribution in [0.4, 0.5) is 0 Å². The number of hydrogen-bond acceptors (Lipinski definition) is 5. The molecule has 3 aliphatic rings. The van der Waals surface area contributed by atoms with Crippen molar-refractivity contribution in [2.45, 2.75) is 84.1 Å². The van der Waals surface area contributed by atoms with Gasteiger partial charge in [-0.2, -0.15) is 0 Å². The number of rotatable bonds is 6. The van der Waals surface area contributed by atoms with E-state index in [1.54, 1.807) is 0 Å². The van der Waals surface area contributed by atoms with Crippen LogP contribution in [-0.4, -0.2) is 50.4 Å². The SMILES string of the molecule is CC(C)C(=O)NCc1nnn2c1COC1(CCN(C(=O)CCC3CCCC3)C1)C2. The van der Waals surface area contributed by atoms with Crippen molar-refractivity contribution < 1.29 is 14.3 Å². The Bertz CT molecular complexity index is 755. The molecule has 1 atom stereocenters. The molecule has 4 rings (SSSR count). The summed E-state index contributed by atoms with van der Waals surface area (Å²) in [5.41, 5.74) is 1.32. The van der Waals surface area contributed by atoms with Gasteiger partial charge in [0.25, 0.3) is 0 Å². The molecular formula is C21H33N5O3. The first-order valence-electron chi connectivity index (χ1n) is 11.1. The number of amides is 2. The predicted molar refractivity (Wildman–Crippen MR) is 107 cm³/mol. The van der Waals surface area contributed by atoms with Gasteiger partial charge in [0, 0.05) is 18.9 Å². The molecule has 29 heavy (non-hydrogen) atoms. The van der Waals surface area contributed by atoms with Crippen LogP contribution >= 0.6 is 0 Å². The molecule has 1 aromatic rings. The molecule has 1 unspecified atom stereocenters. The van der Waals surface area contributed by atoms with Gasteiger partial charge >= 0.3 is 0 Å². The predicted octanol–water partition coefficient (Wildman–Crippen LogP) is 2.02. The molecule has 1 saturated carbocycles. The molecule has 0 radical (unpaired) electrons. The fourth-order valence-corrected chi connectivity index (χ4v) is 4.80. The number of carbonyl (C=O) groups excluding carboxylic acids is 2. The van der Waals surface area contributed by atoms with Crippen LogP contribution in [0.15, 0.2) is 0 Å². The van der Waals surface area contributed by atoms with Crippen molar-refractivity contribution in [2.75, 3.05) is 13.1 Å². The normalized spacial score (nSPS) is 24.4. The monoisotopic (exact) mass is 403 g/mol. The number of nitrogens with zero attached hydrogens (tertiary/aromatic N) is 4. The van der Waals surface area contributed by atoms with Crippen molar-refractivity contribution >= 4 is 11.8 Å². The third-order valence-corrected chi connectivity index (χ3v) is 6.74. The Labute approximate surface area is 172 Å². The van der Waals surface area contributed by atoms with E-state index in [-0.39, 0.29) is 23.3 Å². The van der Waals surface area contributed by atoms with Crippen molar-refractivity contribution in [3.05, 3.63) is 11.4 Å². The van der Waals surface area contributed by atoms with Crippen LogP contribution < -0.4 is 5.32 Å². The van der Waals surface area contributed by atoms with Crippen LogP contribution in [0.3, 0.4) is 0 Å². The summed E-state index contributed by atoms with van der Waals surface area (Å²) in [6.45, 7) is 6.52. The molecular weight excluding hydrogens is 370 g/mol. The molecule has 1 aromatic heterocycles. The zero-order chi connectivity index (χ0) is 20.4. The second-order valence-electron chi connectivity index (χ2n) is 9.24. The quantitative estimate of drug-likeness (QED) is 0.785. The van der Waals surface area contributed by atoms with Crippen molar-refractivity contribution in [3.8, 4) is 0 Å². The molecule has 1 N–H and O–H groups in total. The summed E-state index contributed by atoms with van der Waals surface area (Å²) < 4.78 is 8.15. The maximum absolute atomic E-state index is 12.7. The first kappa shape index (κ1) is 20.3. The first-order valence-corrected chi connectivity index (χ1v) is 11.1. The summed E-state index contributed by atoms with van der Waals surface area (Å²) in [6, 6.07) is 0. The molecule has 1 saturated heterocycles. The van der Waals surface area contributed by atoms with Crippen LogP contribution in [0.2, 0.25) is 0 Å². The van der Waals surface area contributed by atoms with Crippen molar-refractivity contribution in [3.63, 3.8) is 0 Å². The van der Waals surface area contributed by atoms with E-state index >= 15 is 0 Å². The van der Waals surface area contributed by atoms with Gasteiger partial charge in [0.05, 0.1) is 31.9 Å². The standard InChI is InChI=1S/C21H33N5O3/c1-15(2)20(28)22-11-17-18-12-29-21(14-26(18)24-23-17)9-10-25(13-21)19(27)8-7-16-5-3-4-6-16/h15-16H,3-14H2,1-2H3,(H,22,28). The van der Waals surface area contributed by atoms with E-state index in [1.165, 1.54) is 25.7 Å². The lowest BCUT2D eigenvalue weighted by atomic mass is 10.0. The van der Waals surface area contributed by atoms with Gasteiger partial charge in [-0.3, -0.25) is 9.59 Å². The maximum Gasteiger partial charge on any atom is 0.222 e. The molecule has 1 spiro atoms. The number of likely N-dealkylation sites (tertiary alicyclic amines) is 1. The van der Waals surface area contributed by atoms with Crippen molar-refractivity contribution in [1.29, 1.82) is 0 Å². The van der Waals surface area contributed by atoms with Crippen LogP contribution in [0, 0.1) is 11.8 Å². The minimum absolute atomic E-state index is 0.00231. The molecule has 160 valence electrons. The van der Waals surface area contributed by atoms with E-state index in [4.69, 9.17) is 4.74 Å². The van der Waals surface area contributed by atoms with E-state index in [0.717, 1.165) is 36.7 Å². The van der Waals surface area contributed by atoms with Gasteiger partial charge in [0.15, 0.2) is 0 Å². The number of fused-ring (bicyclic) bond motifs is 1. The van der Waals surface area contributed by atoms with Gasteiger partial charge < -0.3 is 15.0 Å². The van der Waals surface area contributed by atoms with E-state index in [2.05, 4.69) is 15.6 Å². The minimum atomic E-state index is -0.359. The summed E-state index contributed by atoms with van der Waals surface area (Å²) >= 11 is 0. The van der Waals surface area contributed by atoms with E-state index in [9.17, 15) is 9.59 Å². The van der Waals surface area contributed by atoms with Gasteiger partial charge in [-0.1, -0.05) is 44.7 Å². The molecule has 0 bridgehead atoms. The fourth-order valence-electron chi connectivity index (χ4n) is 4.80. The van der Waals surface area contributed by atoms with E-state index < -0.39 is 0 Å². The van der Waals surface area contributed by atoms with Gasteiger partial charge in [0.2, 0.25) is 11.8 Å². The Kier molecular flexibility index (Phi) is 5.90. The zero-order valence-electron chi connectivity index (χ0n) is 17.7. The summed E-state index contributed by atoms with van der Waals surface area (Å²) in [6.07, 6.45) is 7.74. The largest absolute Gasteiger partial charge is 0.365 e. The van der Waals surface area contributed by atoms with Crippen LogP contribution in [0.25, 0.3) is 0 Å². The Morgan fingerprint density at radius 2 is 2.07 bits per heavy atom. The first-order chi connectivity index (χ1) is 14.0. The number of ether oxygens (including phenoxy) is 1. The summed E-state index contributed by atoms with van der Waals surface area (Å²) in [5, 5.41) is 11.4. The number of nitrogens with one attached hydrogen (secondary N) is 1. The van der Waals surface area contributed by atoms with Gasteiger partial charge in [-0.25, -0.2) is 4.68 Å². The Hall–Kier alpha value is -1.96. The number of aromatic nitrogens is 3. The molecule has 2 aliphatic heterocycles. The molecule has 8 heteroatoms. The van der Waals surface area contributed by atoms with E-state index in [1.807, 2.05) is 23.4 Å². The summed E-state index contributed by atoms with van der Waals surface area (Å²) in [5.74, 6) is 0.951. The average molecular weight is 404 g/mol. The van der Waals surface area contributed by atoms with Crippen molar-refractivity contribution in [2.24, 2.45) is 11.8 Å². The molecule has 3 heterocycles. The molecule has 2 fully saturated rings. The van der Waals surface area contributed by atoms with Crippen LogP contribution in [0.1, 0.15) is 70.2 Å². The number of carbonyl (C=O) groups is 2. The second kappa shape index (κ2) is 8.42. The minimum Gasteiger partial charge on any atom is -0.365 e. The zero-order valence-corrected chi connectivity index (χ0v) is 17.7. The van der Waals surface area contributed by atoms with E-state index in [0.29, 0.717) is 32.7 Å². The van der Waals surface area contributed by atoms with Crippen molar-refractivity contribution in [1.82, 2.24) is 25.2 Å². The highest BCUT2D eigenvalue weighted by atomic mass is 16.5. The Balaban J connectivity index is 1.31. The third kappa shape index (κ3) is 4.47. The highest BCUT2D eigenvalue weighted by molar-refractivity contribution is 5.77. The van der Waals surface area contributed by atoms with Crippen LogP contribution in [0.5, 0.6) is 0 Å². The molecule has 1 aliphatic carbocycles. The summed E-state index contributed by atoms with van der Waals surface area (Å²) in [7, 11) is 0. The highest BCUT2D eigenvalue weighted by Crippen LogP contribution is 2.34. The highest BCUT2D eigenvalue weighted by Gasteiger charge is 2.44. The lowest BCUT2D eigenvalue weighted by Gasteiger charge is -2.34. The molecule has 8 nitrogen and oxygen atoms in total. The fraction of sp³-hybridized carbons (Fsp3) is 0.810. The number of hydrogen-bond donors (Lipinski definition) is 1. The molecule has 2 amide bonds. The molecule has 0 aromatic carbocycles. The Morgan fingerprint density at radius 1 is 1.28 bits per heavy atom.